The van der Waals surface area contributed by atoms with Crippen LogP contribution in [0.4, 0.5) is 0 Å². The summed E-state index contributed by atoms with van der Waals surface area (Å²) in [6.45, 7) is 15.1. The molecule has 78 valence electrons. The van der Waals surface area contributed by atoms with Gasteiger partial charge in [-0.2, -0.15) is 0 Å². The molecule has 0 amide bonds. The second-order valence-corrected chi connectivity index (χ2v) is 5.03. The molecule has 0 fully saturated rings. The van der Waals surface area contributed by atoms with Crippen molar-refractivity contribution in [3.05, 3.63) is 12.3 Å². The Morgan fingerprint density at radius 3 is 2.31 bits per heavy atom. The number of allylic oxidation sites excluding steroid dienone is 1. The highest BCUT2D eigenvalue weighted by atomic mass is 15.0. The molecule has 0 radical (unpaired) electrons. The van der Waals surface area contributed by atoms with E-state index in [1.807, 2.05) is 0 Å². The van der Waals surface area contributed by atoms with Gasteiger partial charge in [-0.15, -0.1) is 0 Å². The molecule has 0 saturated carbocycles. The summed E-state index contributed by atoms with van der Waals surface area (Å²) in [5, 5.41) is 3.40. The zero-order valence-electron chi connectivity index (χ0n) is 9.91. The Kier molecular flexibility index (Phi) is 5.12. The summed E-state index contributed by atoms with van der Waals surface area (Å²) in [6.07, 6.45) is 3.62. The third-order valence-corrected chi connectivity index (χ3v) is 2.19. The third kappa shape index (κ3) is 7.89. The van der Waals surface area contributed by atoms with Crippen molar-refractivity contribution in [2.45, 2.75) is 59.4 Å². The fraction of sp³-hybridized carbons (Fsp3) is 0.833. The maximum Gasteiger partial charge on any atom is 0.0286 e. The minimum Gasteiger partial charge on any atom is -0.384 e. The van der Waals surface area contributed by atoms with E-state index >= 15 is 0 Å². The fourth-order valence-electron chi connectivity index (χ4n) is 1.22. The second-order valence-electron chi connectivity index (χ2n) is 5.03. The van der Waals surface area contributed by atoms with Crippen molar-refractivity contribution in [2.75, 3.05) is 0 Å². The van der Waals surface area contributed by atoms with Crippen molar-refractivity contribution in [1.82, 2.24) is 5.32 Å². The van der Waals surface area contributed by atoms with E-state index in [2.05, 4.69) is 46.5 Å². The van der Waals surface area contributed by atoms with E-state index in [0.717, 1.165) is 12.3 Å². The van der Waals surface area contributed by atoms with Crippen LogP contribution < -0.4 is 5.32 Å². The molecule has 0 aliphatic rings. The average molecular weight is 183 g/mol. The van der Waals surface area contributed by atoms with Gasteiger partial charge in [0.2, 0.25) is 0 Å². The van der Waals surface area contributed by atoms with Crippen molar-refractivity contribution >= 4 is 0 Å². The molecule has 0 aromatic heterocycles. The van der Waals surface area contributed by atoms with Gasteiger partial charge in [-0.25, -0.2) is 0 Å². The first-order valence-electron chi connectivity index (χ1n) is 5.31. The van der Waals surface area contributed by atoms with Gasteiger partial charge < -0.3 is 5.32 Å². The highest BCUT2D eigenvalue weighted by Crippen LogP contribution is 2.14. The minimum absolute atomic E-state index is 0.159. The topological polar surface area (TPSA) is 12.0 Å². The van der Waals surface area contributed by atoms with E-state index in [1.54, 1.807) is 0 Å². The Bertz CT molecular complexity index is 153. The maximum absolute atomic E-state index is 4.04. The minimum atomic E-state index is 0.159. The highest BCUT2D eigenvalue weighted by Gasteiger charge is 2.10. The normalized spacial score (nSPS) is 13.9. The smallest absolute Gasteiger partial charge is 0.0286 e. The summed E-state index contributed by atoms with van der Waals surface area (Å²) in [5.74, 6) is 0.818. The largest absolute Gasteiger partial charge is 0.384 e. The third-order valence-electron chi connectivity index (χ3n) is 2.19. The van der Waals surface area contributed by atoms with E-state index in [-0.39, 0.29) is 5.54 Å². The van der Waals surface area contributed by atoms with E-state index in [9.17, 15) is 0 Å². The maximum atomic E-state index is 4.04. The molecule has 0 rings (SSSR count). The van der Waals surface area contributed by atoms with Crippen LogP contribution in [0, 0.1) is 5.92 Å². The molecule has 0 spiro atoms. The SMILES string of the molecule is C=C(CC[C@@H](C)CC)NC(C)(C)C. The summed E-state index contributed by atoms with van der Waals surface area (Å²) in [4.78, 5) is 0. The Hall–Kier alpha value is -0.460. The lowest BCUT2D eigenvalue weighted by atomic mass is 10.0. The first kappa shape index (κ1) is 12.5. The Morgan fingerprint density at radius 1 is 1.38 bits per heavy atom. The number of rotatable bonds is 5. The van der Waals surface area contributed by atoms with Gasteiger partial charge in [-0.1, -0.05) is 26.8 Å². The summed E-state index contributed by atoms with van der Waals surface area (Å²) in [5.41, 5.74) is 1.33. The molecular weight excluding hydrogens is 158 g/mol. The van der Waals surface area contributed by atoms with Gasteiger partial charge in [0.25, 0.3) is 0 Å². The van der Waals surface area contributed by atoms with Gasteiger partial charge in [0.1, 0.15) is 0 Å². The van der Waals surface area contributed by atoms with E-state index in [1.165, 1.54) is 18.5 Å². The molecular formula is C12H25N. The van der Waals surface area contributed by atoms with E-state index in [4.69, 9.17) is 0 Å². The van der Waals surface area contributed by atoms with Gasteiger partial charge in [-0.05, 0) is 39.5 Å². The van der Waals surface area contributed by atoms with Crippen LogP contribution in [0.5, 0.6) is 0 Å². The fourth-order valence-corrected chi connectivity index (χ4v) is 1.22. The van der Waals surface area contributed by atoms with Crippen LogP contribution in [0.2, 0.25) is 0 Å². The first-order chi connectivity index (χ1) is 5.85. The van der Waals surface area contributed by atoms with Crippen LogP contribution in [-0.2, 0) is 0 Å². The Labute approximate surface area is 83.6 Å². The molecule has 13 heavy (non-hydrogen) atoms. The second kappa shape index (κ2) is 5.31. The molecule has 1 heteroatoms. The number of nitrogens with one attached hydrogen (secondary N) is 1. The summed E-state index contributed by atoms with van der Waals surface area (Å²) in [6, 6.07) is 0. The molecule has 0 aromatic rings. The lowest BCUT2D eigenvalue weighted by Gasteiger charge is -2.24. The van der Waals surface area contributed by atoms with Crippen molar-refractivity contribution < 1.29 is 0 Å². The van der Waals surface area contributed by atoms with Gasteiger partial charge in [0.05, 0.1) is 0 Å². The summed E-state index contributed by atoms with van der Waals surface area (Å²) < 4.78 is 0. The average Bonchev–Trinajstić information content (AvgIpc) is 1.97. The quantitative estimate of drug-likeness (QED) is 0.685. The van der Waals surface area contributed by atoms with Crippen LogP contribution in [0.1, 0.15) is 53.9 Å². The lowest BCUT2D eigenvalue weighted by molar-refractivity contribution is 0.443. The van der Waals surface area contributed by atoms with Crippen molar-refractivity contribution in [1.29, 1.82) is 0 Å². The highest BCUT2D eigenvalue weighted by molar-refractivity contribution is 4.96. The Balaban J connectivity index is 3.64. The van der Waals surface area contributed by atoms with E-state index in [0.29, 0.717) is 0 Å². The number of hydrogen-bond donors (Lipinski definition) is 1. The molecule has 0 aromatic carbocycles. The molecule has 0 heterocycles. The number of hydrogen-bond acceptors (Lipinski definition) is 1. The van der Waals surface area contributed by atoms with Crippen molar-refractivity contribution in [3.8, 4) is 0 Å². The van der Waals surface area contributed by atoms with Crippen molar-refractivity contribution in [2.24, 2.45) is 5.92 Å². The predicted octanol–water partition coefficient (Wildman–Crippen LogP) is 3.71. The van der Waals surface area contributed by atoms with Crippen LogP contribution in [0.3, 0.4) is 0 Å². The summed E-state index contributed by atoms with van der Waals surface area (Å²) >= 11 is 0. The molecule has 1 nitrogen and oxygen atoms in total. The van der Waals surface area contributed by atoms with Gasteiger partial charge in [-0.3, -0.25) is 0 Å². The lowest BCUT2D eigenvalue weighted by Crippen LogP contribution is -2.34. The van der Waals surface area contributed by atoms with Crippen LogP contribution in [0.25, 0.3) is 0 Å². The molecule has 1 atom stereocenters. The van der Waals surface area contributed by atoms with E-state index < -0.39 is 0 Å². The Morgan fingerprint density at radius 2 is 1.92 bits per heavy atom. The molecule has 1 N–H and O–H groups in total. The predicted molar refractivity (Wildman–Crippen MR) is 60.7 cm³/mol. The first-order valence-corrected chi connectivity index (χ1v) is 5.31. The van der Waals surface area contributed by atoms with Gasteiger partial charge >= 0.3 is 0 Å². The zero-order chi connectivity index (χ0) is 10.5. The molecule has 0 unspecified atom stereocenters. The molecule has 0 aliphatic heterocycles. The molecule has 0 aliphatic carbocycles. The summed E-state index contributed by atoms with van der Waals surface area (Å²) in [7, 11) is 0. The van der Waals surface area contributed by atoms with Crippen LogP contribution in [-0.4, -0.2) is 5.54 Å². The molecule has 0 bridgehead atoms. The van der Waals surface area contributed by atoms with Crippen LogP contribution >= 0.6 is 0 Å². The standard InChI is InChI=1S/C12H25N/c1-7-10(2)8-9-11(3)13-12(4,5)6/h10,13H,3,7-9H2,1-2,4-6H3/t10-/m0/s1. The van der Waals surface area contributed by atoms with Crippen molar-refractivity contribution in [3.63, 3.8) is 0 Å². The zero-order valence-corrected chi connectivity index (χ0v) is 9.91. The monoisotopic (exact) mass is 183 g/mol. The van der Waals surface area contributed by atoms with Gasteiger partial charge in [0, 0.05) is 11.2 Å². The van der Waals surface area contributed by atoms with Gasteiger partial charge in [0.15, 0.2) is 0 Å². The van der Waals surface area contributed by atoms with Crippen LogP contribution in [0.15, 0.2) is 12.3 Å². The molecule has 0 saturated heterocycles.